The van der Waals surface area contributed by atoms with Crippen molar-refractivity contribution in [2.24, 2.45) is 5.92 Å². The highest BCUT2D eigenvalue weighted by Gasteiger charge is 2.21. The first-order chi connectivity index (χ1) is 11.7. The molecule has 1 saturated heterocycles. The van der Waals surface area contributed by atoms with E-state index in [1.54, 1.807) is 0 Å². The van der Waals surface area contributed by atoms with E-state index in [2.05, 4.69) is 15.3 Å². The molecule has 138 valence electrons. The van der Waals surface area contributed by atoms with Crippen LogP contribution >= 0.6 is 12.4 Å². The van der Waals surface area contributed by atoms with Gasteiger partial charge in [0.25, 0.3) is 0 Å². The van der Waals surface area contributed by atoms with Crippen molar-refractivity contribution in [3.63, 3.8) is 0 Å². The topological polar surface area (TPSA) is 81.0 Å². The molecule has 6 nitrogen and oxygen atoms in total. The largest absolute Gasteiger partial charge is 0.343 e. The molecule has 1 fully saturated rings. The van der Waals surface area contributed by atoms with Crippen molar-refractivity contribution >= 4 is 29.3 Å². The number of carbonyl (C=O) groups is 1. The maximum absolute atomic E-state index is 12.3. The van der Waals surface area contributed by atoms with Crippen LogP contribution in [0, 0.1) is 5.92 Å². The summed E-state index contributed by atoms with van der Waals surface area (Å²) >= 11 is 0. The van der Waals surface area contributed by atoms with Gasteiger partial charge in [0, 0.05) is 19.5 Å². The summed E-state index contributed by atoms with van der Waals surface area (Å²) in [5, 5.41) is 3.22. The van der Waals surface area contributed by atoms with Crippen molar-refractivity contribution in [3.8, 4) is 0 Å². The molecular formula is C18H27ClN4O2. The van der Waals surface area contributed by atoms with E-state index in [4.69, 9.17) is 0 Å². The van der Waals surface area contributed by atoms with Crippen molar-refractivity contribution in [1.29, 1.82) is 0 Å². The second kappa shape index (κ2) is 9.06. The van der Waals surface area contributed by atoms with Crippen LogP contribution in [0.4, 0.5) is 0 Å². The minimum Gasteiger partial charge on any atom is -0.343 e. The molecule has 1 aliphatic heterocycles. The Morgan fingerprint density at radius 3 is 2.68 bits per heavy atom. The van der Waals surface area contributed by atoms with Crippen LogP contribution in [0.15, 0.2) is 23.0 Å². The van der Waals surface area contributed by atoms with Crippen LogP contribution in [-0.4, -0.2) is 47.5 Å². The molecule has 7 heteroatoms. The fourth-order valence-electron chi connectivity index (χ4n) is 3.51. The third-order valence-corrected chi connectivity index (χ3v) is 4.90. The molecule has 1 aromatic heterocycles. The van der Waals surface area contributed by atoms with Crippen molar-refractivity contribution < 1.29 is 4.79 Å². The SMILES string of the molecule is CNCC1CCN(C(=O)CCCc2ccc3[nH]c(=O)[nH]c3c2)CC1.Cl. The standard InChI is InChI=1S/C18H26N4O2.ClH/c1-19-12-14-7-9-22(10-8-14)17(23)4-2-3-13-5-6-15-16(11-13)21-18(24)20-15;/h5-6,11,14,19H,2-4,7-10,12H2,1H3,(H2,20,21,24);1H. The number of hydrogen-bond acceptors (Lipinski definition) is 3. The highest BCUT2D eigenvalue weighted by atomic mass is 35.5. The molecule has 0 unspecified atom stereocenters. The highest BCUT2D eigenvalue weighted by Crippen LogP contribution is 2.18. The lowest BCUT2D eigenvalue weighted by Gasteiger charge is -2.32. The summed E-state index contributed by atoms with van der Waals surface area (Å²) in [4.78, 5) is 31.1. The molecule has 0 aliphatic carbocycles. The molecule has 0 atom stereocenters. The number of rotatable bonds is 6. The number of piperidine rings is 1. The summed E-state index contributed by atoms with van der Waals surface area (Å²) < 4.78 is 0. The Hall–Kier alpha value is -1.79. The van der Waals surface area contributed by atoms with Gasteiger partial charge in [0.05, 0.1) is 11.0 Å². The van der Waals surface area contributed by atoms with Crippen LogP contribution in [0.5, 0.6) is 0 Å². The zero-order valence-corrected chi connectivity index (χ0v) is 15.5. The molecule has 1 amide bonds. The number of nitrogens with one attached hydrogen (secondary N) is 3. The van der Waals surface area contributed by atoms with E-state index in [1.165, 1.54) is 0 Å². The van der Waals surface area contributed by atoms with Crippen LogP contribution in [-0.2, 0) is 11.2 Å². The van der Waals surface area contributed by atoms with E-state index in [1.807, 2.05) is 30.1 Å². The van der Waals surface area contributed by atoms with Gasteiger partial charge in [-0.3, -0.25) is 4.79 Å². The van der Waals surface area contributed by atoms with Gasteiger partial charge >= 0.3 is 5.69 Å². The minimum atomic E-state index is -0.181. The first-order valence-corrected chi connectivity index (χ1v) is 8.79. The van der Waals surface area contributed by atoms with Crippen molar-refractivity contribution in [2.75, 3.05) is 26.7 Å². The van der Waals surface area contributed by atoms with Crippen molar-refractivity contribution in [1.82, 2.24) is 20.2 Å². The Labute approximate surface area is 153 Å². The lowest BCUT2D eigenvalue weighted by molar-refractivity contribution is -0.132. The van der Waals surface area contributed by atoms with E-state index in [0.717, 1.165) is 61.9 Å². The molecule has 3 N–H and O–H groups in total. The summed E-state index contributed by atoms with van der Waals surface area (Å²) in [6.45, 7) is 2.83. The number of halogens is 1. The van der Waals surface area contributed by atoms with Crippen LogP contribution in [0.1, 0.15) is 31.2 Å². The minimum absolute atomic E-state index is 0. The third-order valence-electron chi connectivity index (χ3n) is 4.90. The number of amides is 1. The number of imidazole rings is 1. The molecule has 1 aromatic carbocycles. The normalized spacial score (nSPS) is 15.3. The molecule has 0 bridgehead atoms. The molecule has 2 heterocycles. The highest BCUT2D eigenvalue weighted by molar-refractivity contribution is 5.85. The van der Waals surface area contributed by atoms with Gasteiger partial charge in [0.2, 0.25) is 5.91 Å². The van der Waals surface area contributed by atoms with Crippen molar-refractivity contribution in [2.45, 2.75) is 32.1 Å². The fourth-order valence-corrected chi connectivity index (χ4v) is 3.51. The van der Waals surface area contributed by atoms with Gasteiger partial charge in [-0.15, -0.1) is 12.4 Å². The number of aromatic nitrogens is 2. The molecule has 25 heavy (non-hydrogen) atoms. The van der Waals surface area contributed by atoms with Gasteiger partial charge in [0.1, 0.15) is 0 Å². The number of benzene rings is 1. The van der Waals surface area contributed by atoms with Crippen LogP contribution in [0.2, 0.25) is 0 Å². The number of aromatic amines is 2. The van der Waals surface area contributed by atoms with Crippen LogP contribution in [0.25, 0.3) is 11.0 Å². The Bertz CT molecular complexity index is 747. The van der Waals surface area contributed by atoms with Gasteiger partial charge in [-0.1, -0.05) is 6.07 Å². The molecule has 0 radical (unpaired) electrons. The number of fused-ring (bicyclic) bond motifs is 1. The smallest absolute Gasteiger partial charge is 0.323 e. The number of carbonyl (C=O) groups excluding carboxylic acids is 1. The second-order valence-corrected chi connectivity index (χ2v) is 6.69. The zero-order chi connectivity index (χ0) is 16.9. The number of likely N-dealkylation sites (tertiary alicyclic amines) is 1. The van der Waals surface area contributed by atoms with Gasteiger partial charge in [-0.2, -0.15) is 0 Å². The number of aryl methyl sites for hydroxylation is 1. The summed E-state index contributed by atoms with van der Waals surface area (Å²) in [5.41, 5.74) is 2.62. The summed E-state index contributed by atoms with van der Waals surface area (Å²) in [6.07, 6.45) is 4.49. The van der Waals surface area contributed by atoms with Crippen LogP contribution in [0.3, 0.4) is 0 Å². The molecule has 2 aromatic rings. The maximum Gasteiger partial charge on any atom is 0.323 e. The summed E-state index contributed by atoms with van der Waals surface area (Å²) in [5.74, 6) is 0.975. The molecular weight excluding hydrogens is 340 g/mol. The predicted octanol–water partition coefficient (Wildman–Crippen LogP) is 2.06. The van der Waals surface area contributed by atoms with E-state index < -0.39 is 0 Å². The molecule has 0 saturated carbocycles. The Morgan fingerprint density at radius 2 is 1.96 bits per heavy atom. The van der Waals surface area contributed by atoms with Gasteiger partial charge in [-0.05, 0) is 62.9 Å². The van der Waals surface area contributed by atoms with Gasteiger partial charge < -0.3 is 20.2 Å². The Morgan fingerprint density at radius 1 is 1.24 bits per heavy atom. The average Bonchev–Trinajstić information content (AvgIpc) is 2.95. The summed E-state index contributed by atoms with van der Waals surface area (Å²) in [7, 11) is 1.98. The third kappa shape index (κ3) is 5.09. The maximum atomic E-state index is 12.3. The van der Waals surface area contributed by atoms with Gasteiger partial charge in [-0.25, -0.2) is 4.79 Å². The Kier molecular flexibility index (Phi) is 7.08. The quantitative estimate of drug-likeness (QED) is 0.732. The van der Waals surface area contributed by atoms with Gasteiger partial charge in [0.15, 0.2) is 0 Å². The van der Waals surface area contributed by atoms with Crippen molar-refractivity contribution in [3.05, 3.63) is 34.2 Å². The molecule has 0 spiro atoms. The Balaban J connectivity index is 0.00000225. The van der Waals surface area contributed by atoms with E-state index in [0.29, 0.717) is 12.3 Å². The predicted molar refractivity (Wildman–Crippen MR) is 102 cm³/mol. The average molecular weight is 367 g/mol. The number of nitrogens with zero attached hydrogens (tertiary/aromatic N) is 1. The number of hydrogen-bond donors (Lipinski definition) is 3. The van der Waals surface area contributed by atoms with E-state index in [-0.39, 0.29) is 24.0 Å². The molecule has 1 aliphatic rings. The first-order valence-electron chi connectivity index (χ1n) is 8.79. The zero-order valence-electron chi connectivity index (χ0n) is 14.6. The van der Waals surface area contributed by atoms with E-state index in [9.17, 15) is 9.59 Å². The fraction of sp³-hybridized carbons (Fsp3) is 0.556. The number of H-pyrrole nitrogens is 2. The lowest BCUT2D eigenvalue weighted by Crippen LogP contribution is -2.40. The second-order valence-electron chi connectivity index (χ2n) is 6.69. The first kappa shape index (κ1) is 19.5. The van der Waals surface area contributed by atoms with E-state index >= 15 is 0 Å². The monoisotopic (exact) mass is 366 g/mol. The van der Waals surface area contributed by atoms with Crippen LogP contribution < -0.4 is 11.0 Å². The lowest BCUT2D eigenvalue weighted by atomic mass is 9.96. The summed E-state index contributed by atoms with van der Waals surface area (Å²) in [6, 6.07) is 5.91. The molecule has 3 rings (SSSR count).